The van der Waals surface area contributed by atoms with Gasteiger partial charge in [-0.3, -0.25) is 29.7 Å². The van der Waals surface area contributed by atoms with E-state index >= 15 is 0 Å². The number of nitro groups is 1. The van der Waals surface area contributed by atoms with Crippen LogP contribution < -0.4 is 25.5 Å². The van der Waals surface area contributed by atoms with Gasteiger partial charge in [0.25, 0.3) is 5.56 Å². The molecule has 2 aromatic rings. The molecule has 0 radical (unpaired) electrons. The molecule has 14 heteroatoms. The summed E-state index contributed by atoms with van der Waals surface area (Å²) in [4.78, 5) is 49.2. The molecule has 0 aliphatic carbocycles. The summed E-state index contributed by atoms with van der Waals surface area (Å²) in [5.74, 6) is -2.77. The molecule has 0 unspecified atom stereocenters. The Morgan fingerprint density at radius 1 is 1.14 bits per heavy atom. The predicted molar refractivity (Wildman–Crippen MR) is 90.9 cm³/mol. The van der Waals surface area contributed by atoms with Gasteiger partial charge in [0.15, 0.2) is 5.75 Å². The number of carbonyl (C=O) groups is 1. The number of ether oxygens (including phenoxy) is 3. The molecule has 0 atom stereocenters. The van der Waals surface area contributed by atoms with E-state index in [-0.39, 0.29) is 11.5 Å². The molecule has 0 saturated carbocycles. The summed E-state index contributed by atoms with van der Waals surface area (Å²) >= 11 is 0. The molecule has 1 amide bonds. The summed E-state index contributed by atoms with van der Waals surface area (Å²) in [7, 11) is 3.57. The number of hydrogen-bond donors (Lipinski definition) is 3. The molecule has 1 aromatic carbocycles. The van der Waals surface area contributed by atoms with Crippen molar-refractivity contribution < 1.29 is 29.0 Å². The highest BCUT2D eigenvalue weighted by atomic mass is 16.6. The highest BCUT2D eigenvalue weighted by Gasteiger charge is 2.32. The van der Waals surface area contributed by atoms with Crippen molar-refractivity contribution in [3.63, 3.8) is 0 Å². The van der Waals surface area contributed by atoms with Crippen LogP contribution in [-0.2, 0) is 0 Å². The maximum absolute atomic E-state index is 12.4. The van der Waals surface area contributed by atoms with Crippen molar-refractivity contribution in [1.29, 1.82) is 0 Å². The number of carbonyl (C=O) groups excluding carboxylic acids is 1. The number of rotatable bonds is 6. The molecule has 2 rings (SSSR count). The van der Waals surface area contributed by atoms with Crippen LogP contribution in [0.1, 0.15) is 10.4 Å². The Morgan fingerprint density at radius 2 is 1.79 bits per heavy atom. The van der Waals surface area contributed by atoms with E-state index in [2.05, 4.69) is 10.2 Å². The number of H-pyrrole nitrogens is 2. The number of methoxy groups -OCH3 is 3. The third-order valence-corrected chi connectivity index (χ3v) is 3.36. The summed E-state index contributed by atoms with van der Waals surface area (Å²) in [5, 5.41) is 27.4. The zero-order valence-corrected chi connectivity index (χ0v) is 14.6. The number of aromatic amines is 2. The van der Waals surface area contributed by atoms with E-state index < -0.39 is 50.6 Å². The zero-order chi connectivity index (χ0) is 21.0. The molecule has 1 aromatic heterocycles. The minimum atomic E-state index is -1.25. The average Bonchev–Trinajstić information content (AvgIpc) is 2.64. The van der Waals surface area contributed by atoms with Crippen molar-refractivity contribution in [3.8, 4) is 23.1 Å². The lowest BCUT2D eigenvalue weighted by molar-refractivity contribution is -0.386. The third kappa shape index (κ3) is 3.64. The highest BCUT2D eigenvalue weighted by Crippen LogP contribution is 2.46. The molecule has 148 valence electrons. The van der Waals surface area contributed by atoms with Gasteiger partial charge in [0.2, 0.25) is 23.1 Å². The van der Waals surface area contributed by atoms with E-state index in [4.69, 9.17) is 14.2 Å². The molecule has 3 N–H and O–H groups in total. The van der Waals surface area contributed by atoms with Crippen molar-refractivity contribution in [2.24, 2.45) is 10.2 Å². The fourth-order valence-corrected chi connectivity index (χ4v) is 2.20. The molecule has 0 fully saturated rings. The first-order valence-corrected chi connectivity index (χ1v) is 7.24. The topological polar surface area (TPSA) is 199 Å². The largest absolute Gasteiger partial charge is 0.493 e. The van der Waals surface area contributed by atoms with Crippen molar-refractivity contribution in [2.45, 2.75) is 0 Å². The number of aromatic hydroxyl groups is 1. The summed E-state index contributed by atoms with van der Waals surface area (Å²) in [6.45, 7) is 0. The van der Waals surface area contributed by atoms with Gasteiger partial charge < -0.3 is 19.3 Å². The standard InChI is InChI=1S/C14H13N5O9/c1-26-6-4-5(8(19(24)25)10(28-3)9(6)27-2)11(20)18-17-7-12(21)15-14(23)16-13(7)22/h4H,1-3H3,(H3,15,16,21,22,23). The number of hydrogen-bond acceptors (Lipinski definition) is 10. The Balaban J connectivity index is 2.64. The second-order valence-corrected chi connectivity index (χ2v) is 4.91. The molecule has 28 heavy (non-hydrogen) atoms. The smallest absolute Gasteiger partial charge is 0.328 e. The van der Waals surface area contributed by atoms with E-state index in [0.717, 1.165) is 13.2 Å². The van der Waals surface area contributed by atoms with Crippen molar-refractivity contribution in [2.75, 3.05) is 21.3 Å². The molecule has 1 heterocycles. The van der Waals surface area contributed by atoms with Crippen molar-refractivity contribution >= 4 is 17.3 Å². The van der Waals surface area contributed by atoms with E-state index in [1.165, 1.54) is 14.2 Å². The molecular weight excluding hydrogens is 382 g/mol. The number of amides is 1. The average molecular weight is 395 g/mol. The first-order chi connectivity index (χ1) is 13.2. The van der Waals surface area contributed by atoms with Crippen LogP contribution in [0.15, 0.2) is 25.9 Å². The van der Waals surface area contributed by atoms with Gasteiger partial charge in [-0.1, -0.05) is 0 Å². The molecular formula is C14H13N5O9. The van der Waals surface area contributed by atoms with Gasteiger partial charge in [0, 0.05) is 6.07 Å². The fraction of sp³-hybridized carbons (Fsp3) is 0.214. The van der Waals surface area contributed by atoms with E-state index in [1.807, 2.05) is 4.98 Å². The van der Waals surface area contributed by atoms with Gasteiger partial charge in [-0.15, -0.1) is 10.2 Å². The van der Waals surface area contributed by atoms with Crippen LogP contribution in [0.3, 0.4) is 0 Å². The second kappa shape index (κ2) is 7.98. The summed E-state index contributed by atoms with van der Waals surface area (Å²) in [6, 6.07) is 0.984. The quantitative estimate of drug-likeness (QED) is 0.356. The second-order valence-electron chi connectivity index (χ2n) is 4.91. The Kier molecular flexibility index (Phi) is 5.73. The fourth-order valence-electron chi connectivity index (χ4n) is 2.20. The van der Waals surface area contributed by atoms with E-state index in [9.17, 15) is 29.6 Å². The Hall–Kier alpha value is -4.23. The third-order valence-electron chi connectivity index (χ3n) is 3.36. The first-order valence-electron chi connectivity index (χ1n) is 7.24. The van der Waals surface area contributed by atoms with Crippen LogP contribution in [0.25, 0.3) is 0 Å². The van der Waals surface area contributed by atoms with Gasteiger partial charge in [-0.2, -0.15) is 0 Å². The maximum atomic E-state index is 12.4. The Morgan fingerprint density at radius 3 is 2.29 bits per heavy atom. The zero-order valence-electron chi connectivity index (χ0n) is 14.6. The minimum absolute atomic E-state index is 0.0618. The molecule has 0 spiro atoms. The first kappa shape index (κ1) is 20.1. The summed E-state index contributed by atoms with van der Waals surface area (Å²) < 4.78 is 15.0. The lowest BCUT2D eigenvalue weighted by Gasteiger charge is -2.13. The van der Waals surface area contributed by atoms with Gasteiger partial charge in [0.1, 0.15) is 5.56 Å². The predicted octanol–water partition coefficient (Wildman–Crippen LogP) is 0.627. The van der Waals surface area contributed by atoms with Crippen LogP contribution >= 0.6 is 0 Å². The lowest BCUT2D eigenvalue weighted by atomic mass is 10.1. The van der Waals surface area contributed by atoms with Crippen LogP contribution in [0.4, 0.5) is 11.4 Å². The van der Waals surface area contributed by atoms with Crippen LogP contribution in [0.5, 0.6) is 23.1 Å². The van der Waals surface area contributed by atoms with Crippen molar-refractivity contribution in [3.05, 3.63) is 42.6 Å². The highest BCUT2D eigenvalue weighted by molar-refractivity contribution is 6.01. The number of nitrogens with one attached hydrogen (secondary N) is 2. The molecule has 0 saturated heterocycles. The maximum Gasteiger partial charge on any atom is 0.328 e. The Bertz CT molecular complexity index is 1090. The summed E-state index contributed by atoms with van der Waals surface area (Å²) in [5.41, 5.74) is -4.26. The number of azo groups is 1. The monoisotopic (exact) mass is 395 g/mol. The molecule has 0 bridgehead atoms. The number of nitro benzene ring substituents is 1. The lowest BCUT2D eigenvalue weighted by Crippen LogP contribution is -2.21. The van der Waals surface area contributed by atoms with Crippen molar-refractivity contribution in [1.82, 2.24) is 9.97 Å². The molecule has 14 nitrogen and oxygen atoms in total. The normalized spacial score (nSPS) is 10.7. The van der Waals surface area contributed by atoms with Gasteiger partial charge in [-0.25, -0.2) is 4.79 Å². The SMILES string of the molecule is COc1cc(C(=O)N=Nc2c(O)[nH]c(=O)[nH]c2=O)c([N+](=O)[O-])c(OC)c1OC. The van der Waals surface area contributed by atoms with E-state index in [0.29, 0.717) is 0 Å². The van der Waals surface area contributed by atoms with Gasteiger partial charge in [0.05, 0.1) is 26.3 Å². The molecule has 0 aliphatic heterocycles. The number of benzene rings is 1. The van der Waals surface area contributed by atoms with Crippen LogP contribution in [-0.4, -0.2) is 47.2 Å². The van der Waals surface area contributed by atoms with E-state index in [1.54, 1.807) is 4.98 Å². The Labute approximate surface area is 154 Å². The number of aromatic nitrogens is 2. The van der Waals surface area contributed by atoms with Crippen LogP contribution in [0, 0.1) is 10.1 Å². The van der Waals surface area contributed by atoms with Gasteiger partial charge in [-0.05, 0) is 0 Å². The number of nitrogens with zero attached hydrogens (tertiary/aromatic N) is 3. The summed E-state index contributed by atoms with van der Waals surface area (Å²) in [6.07, 6.45) is 0. The van der Waals surface area contributed by atoms with Crippen LogP contribution in [0.2, 0.25) is 0 Å². The van der Waals surface area contributed by atoms with Gasteiger partial charge >= 0.3 is 17.3 Å². The molecule has 0 aliphatic rings. The minimum Gasteiger partial charge on any atom is -0.493 e.